The number of nitrogens with one attached hydrogen (secondary N) is 1. The number of anilines is 1. The molecule has 158 valence electrons. The Morgan fingerprint density at radius 3 is 1.71 bits per heavy atom. The van der Waals surface area contributed by atoms with Crippen LogP contribution in [0.2, 0.25) is 0 Å². The molecule has 0 saturated heterocycles. The van der Waals surface area contributed by atoms with Gasteiger partial charge in [0.15, 0.2) is 5.78 Å². The van der Waals surface area contributed by atoms with Gasteiger partial charge < -0.3 is 5.32 Å². The van der Waals surface area contributed by atoms with Crippen LogP contribution in [0.5, 0.6) is 0 Å². The highest BCUT2D eigenvalue weighted by molar-refractivity contribution is 8.21. The molecule has 0 aliphatic carbocycles. The molecule has 0 fully saturated rings. The first kappa shape index (κ1) is 22.9. The van der Waals surface area contributed by atoms with Gasteiger partial charge in [-0.1, -0.05) is 78.9 Å². The summed E-state index contributed by atoms with van der Waals surface area (Å²) in [5.41, 5.74) is 4.17. The Kier molecular flexibility index (Phi) is 8.56. The second-order valence-electron chi connectivity index (χ2n) is 7.04. The van der Waals surface area contributed by atoms with E-state index >= 15 is 0 Å². The second-order valence-corrected chi connectivity index (χ2v) is 9.27. The molecule has 0 bridgehead atoms. The molecule has 0 aromatic heterocycles. The zero-order chi connectivity index (χ0) is 22.1. The number of carbonyl (C=O) groups excluding carboxylic acids is 2. The lowest BCUT2D eigenvalue weighted by molar-refractivity contribution is -0.118. The average molecular weight is 448 g/mol. The minimum Gasteiger partial charge on any atom is -0.322 e. The van der Waals surface area contributed by atoms with E-state index in [0.29, 0.717) is 17.2 Å². The van der Waals surface area contributed by atoms with Crippen molar-refractivity contribution in [2.75, 3.05) is 5.32 Å². The lowest BCUT2D eigenvalue weighted by atomic mass is 10.1. The molecule has 0 unspecified atom stereocenters. The quantitative estimate of drug-likeness (QED) is 0.228. The summed E-state index contributed by atoms with van der Waals surface area (Å²) < 4.78 is 0.742. The summed E-state index contributed by atoms with van der Waals surface area (Å²) in [6, 6.07) is 27.7. The highest BCUT2D eigenvalue weighted by Gasteiger charge is 2.22. The number of benzene rings is 3. The summed E-state index contributed by atoms with van der Waals surface area (Å²) in [5, 5.41) is 2.92. The summed E-state index contributed by atoms with van der Waals surface area (Å²) in [5.74, 6) is 0.777. The van der Waals surface area contributed by atoms with E-state index in [9.17, 15) is 9.59 Å². The largest absolute Gasteiger partial charge is 0.322 e. The molecule has 0 aliphatic rings. The minimum absolute atomic E-state index is 0.213. The maximum absolute atomic E-state index is 13.2. The van der Waals surface area contributed by atoms with Crippen LogP contribution in [0.1, 0.15) is 23.6 Å². The van der Waals surface area contributed by atoms with Crippen LogP contribution in [0.3, 0.4) is 0 Å². The molecule has 1 amide bonds. The summed E-state index contributed by atoms with van der Waals surface area (Å²) in [4.78, 5) is 25.7. The molecule has 0 atom stereocenters. The van der Waals surface area contributed by atoms with Crippen molar-refractivity contribution in [3.63, 3.8) is 0 Å². The van der Waals surface area contributed by atoms with Gasteiger partial charge in [0.2, 0.25) is 0 Å². The van der Waals surface area contributed by atoms with Crippen LogP contribution in [0.4, 0.5) is 5.69 Å². The Labute approximate surface area is 192 Å². The van der Waals surface area contributed by atoms with E-state index in [1.807, 2.05) is 91.9 Å². The zero-order valence-electron chi connectivity index (χ0n) is 17.6. The molecule has 0 spiro atoms. The van der Waals surface area contributed by atoms with Crippen molar-refractivity contribution in [1.82, 2.24) is 0 Å². The lowest BCUT2D eigenvalue weighted by Gasteiger charge is -2.14. The molecule has 3 nitrogen and oxygen atoms in total. The molecule has 3 rings (SSSR count). The van der Waals surface area contributed by atoms with Crippen molar-refractivity contribution in [3.05, 3.63) is 111 Å². The Hall–Kier alpha value is -2.76. The van der Waals surface area contributed by atoms with Gasteiger partial charge in [-0.25, -0.2) is 0 Å². The number of hydrogen-bond donors (Lipinski definition) is 1. The Bertz CT molecular complexity index is 1020. The maximum Gasteiger partial charge on any atom is 0.260 e. The van der Waals surface area contributed by atoms with Crippen molar-refractivity contribution in [2.45, 2.75) is 25.4 Å². The number of Topliss-reactive ketones (excluding diaryl/α,β-unsaturated/α-hetero) is 1. The number of rotatable bonds is 9. The summed E-state index contributed by atoms with van der Waals surface area (Å²) >= 11 is 3.07. The topological polar surface area (TPSA) is 46.2 Å². The van der Waals surface area contributed by atoms with Gasteiger partial charge in [0.05, 0.1) is 4.24 Å². The first-order valence-corrected chi connectivity index (χ1v) is 12.0. The van der Waals surface area contributed by atoms with Crippen LogP contribution < -0.4 is 5.32 Å². The standard InChI is InChI=1S/C26H25NO2S2/c1-19-11-9-10-16-23(19)27-25(29)24(20(2)28)26(30-17-21-12-5-3-6-13-21)31-18-22-14-7-4-8-15-22/h3-16H,17-18H2,1-2H3,(H,27,29). The normalized spacial score (nSPS) is 10.4. The highest BCUT2D eigenvalue weighted by Crippen LogP contribution is 2.37. The number of ketones is 1. The van der Waals surface area contributed by atoms with E-state index in [1.54, 1.807) is 0 Å². The summed E-state index contributed by atoms with van der Waals surface area (Å²) in [6.07, 6.45) is 0. The van der Waals surface area contributed by atoms with Gasteiger partial charge in [-0.3, -0.25) is 9.59 Å². The second kappa shape index (κ2) is 11.6. The fraction of sp³-hybridized carbons (Fsp3) is 0.154. The van der Waals surface area contributed by atoms with Crippen LogP contribution in [0.25, 0.3) is 0 Å². The van der Waals surface area contributed by atoms with E-state index in [2.05, 4.69) is 5.32 Å². The number of para-hydroxylation sites is 1. The molecular formula is C26H25NO2S2. The highest BCUT2D eigenvalue weighted by atomic mass is 32.2. The predicted octanol–water partition coefficient (Wildman–Crippen LogP) is 6.60. The third-order valence-electron chi connectivity index (χ3n) is 4.60. The van der Waals surface area contributed by atoms with Crippen LogP contribution in [0, 0.1) is 6.92 Å². The molecule has 3 aromatic carbocycles. The molecule has 0 aliphatic heterocycles. The molecule has 5 heteroatoms. The van der Waals surface area contributed by atoms with Gasteiger partial charge in [0, 0.05) is 17.2 Å². The fourth-order valence-corrected chi connectivity index (χ4v) is 5.36. The van der Waals surface area contributed by atoms with Crippen LogP contribution in [0.15, 0.2) is 94.7 Å². The fourth-order valence-electron chi connectivity index (χ4n) is 2.93. The molecule has 1 N–H and O–H groups in total. The lowest BCUT2D eigenvalue weighted by Crippen LogP contribution is -2.20. The molecule has 0 saturated carbocycles. The number of hydrogen-bond acceptors (Lipinski definition) is 4. The zero-order valence-corrected chi connectivity index (χ0v) is 19.3. The number of amides is 1. The molecule has 3 aromatic rings. The van der Waals surface area contributed by atoms with Gasteiger partial charge >= 0.3 is 0 Å². The van der Waals surface area contributed by atoms with Gasteiger partial charge in [-0.2, -0.15) is 0 Å². The summed E-state index contributed by atoms with van der Waals surface area (Å²) in [7, 11) is 0. The first-order valence-electron chi connectivity index (χ1n) is 10.00. The Morgan fingerprint density at radius 1 is 0.742 bits per heavy atom. The number of carbonyl (C=O) groups is 2. The first-order chi connectivity index (χ1) is 15.0. The predicted molar refractivity (Wildman–Crippen MR) is 133 cm³/mol. The third-order valence-corrected chi connectivity index (χ3v) is 7.20. The number of aryl methyl sites for hydroxylation is 1. The van der Waals surface area contributed by atoms with Crippen LogP contribution in [-0.4, -0.2) is 11.7 Å². The van der Waals surface area contributed by atoms with Crippen molar-refractivity contribution in [2.24, 2.45) is 0 Å². The molecule has 0 heterocycles. The SMILES string of the molecule is CC(=O)C(C(=O)Nc1ccccc1C)=C(SCc1ccccc1)SCc1ccccc1. The number of thioether (sulfide) groups is 2. The molecule has 31 heavy (non-hydrogen) atoms. The van der Waals surface area contributed by atoms with E-state index in [0.717, 1.165) is 20.9 Å². The smallest absolute Gasteiger partial charge is 0.260 e. The van der Waals surface area contributed by atoms with E-state index in [1.165, 1.54) is 30.4 Å². The average Bonchev–Trinajstić information content (AvgIpc) is 2.78. The van der Waals surface area contributed by atoms with E-state index in [-0.39, 0.29) is 17.3 Å². The Balaban J connectivity index is 1.88. The summed E-state index contributed by atoms with van der Waals surface area (Å²) in [6.45, 7) is 3.39. The Morgan fingerprint density at radius 2 is 1.23 bits per heavy atom. The maximum atomic E-state index is 13.2. The van der Waals surface area contributed by atoms with Crippen molar-refractivity contribution in [3.8, 4) is 0 Å². The van der Waals surface area contributed by atoms with E-state index in [4.69, 9.17) is 0 Å². The van der Waals surface area contributed by atoms with E-state index < -0.39 is 0 Å². The van der Waals surface area contributed by atoms with Crippen LogP contribution >= 0.6 is 23.5 Å². The monoisotopic (exact) mass is 447 g/mol. The van der Waals surface area contributed by atoms with Gasteiger partial charge in [-0.05, 0) is 36.6 Å². The van der Waals surface area contributed by atoms with Gasteiger partial charge in [0.1, 0.15) is 5.57 Å². The molecule has 0 radical (unpaired) electrons. The minimum atomic E-state index is -0.363. The van der Waals surface area contributed by atoms with Crippen LogP contribution in [-0.2, 0) is 21.1 Å². The van der Waals surface area contributed by atoms with Crippen molar-refractivity contribution < 1.29 is 9.59 Å². The molecular weight excluding hydrogens is 422 g/mol. The third kappa shape index (κ3) is 6.88. The van der Waals surface area contributed by atoms with Gasteiger partial charge in [-0.15, -0.1) is 23.5 Å². The van der Waals surface area contributed by atoms with Crippen molar-refractivity contribution in [1.29, 1.82) is 0 Å². The van der Waals surface area contributed by atoms with Gasteiger partial charge in [0.25, 0.3) is 5.91 Å². The van der Waals surface area contributed by atoms with Crippen molar-refractivity contribution >= 4 is 40.9 Å².